The molecule has 0 aliphatic carbocycles. The molecule has 13 heavy (non-hydrogen) atoms. The van der Waals surface area contributed by atoms with Gasteiger partial charge in [-0.15, -0.1) is 11.3 Å². The molecule has 2 aromatic rings. The Morgan fingerprint density at radius 1 is 1.54 bits per heavy atom. The molecule has 0 saturated carbocycles. The molecule has 68 valence electrons. The van der Waals surface area contributed by atoms with Crippen LogP contribution in [-0.4, -0.2) is 9.36 Å². The number of aromatic nitrogens is 2. The van der Waals surface area contributed by atoms with Crippen molar-refractivity contribution in [3.8, 4) is 0 Å². The van der Waals surface area contributed by atoms with Crippen LogP contribution in [0.4, 0.5) is 10.8 Å². The molecule has 0 aromatic carbocycles. The summed E-state index contributed by atoms with van der Waals surface area (Å²) in [6.45, 7) is 0.727. The molecular formula is C7H8N4S2. The third-order valence-corrected chi connectivity index (χ3v) is 2.85. The number of hydrogen-bond donors (Lipinski definition) is 2. The fourth-order valence-corrected chi connectivity index (χ4v) is 2.00. The van der Waals surface area contributed by atoms with E-state index in [0.29, 0.717) is 5.82 Å². The lowest BCUT2D eigenvalue weighted by Crippen LogP contribution is -1.97. The second-order valence-corrected chi connectivity index (χ2v) is 3.97. The van der Waals surface area contributed by atoms with Crippen LogP contribution in [0.25, 0.3) is 0 Å². The number of thiazole rings is 1. The van der Waals surface area contributed by atoms with Crippen molar-refractivity contribution in [3.63, 3.8) is 0 Å². The third-order valence-electron chi connectivity index (χ3n) is 1.46. The summed E-state index contributed by atoms with van der Waals surface area (Å²) < 4.78 is 3.96. The second kappa shape index (κ2) is 3.71. The van der Waals surface area contributed by atoms with Crippen LogP contribution in [0.1, 0.15) is 5.69 Å². The van der Waals surface area contributed by atoms with Gasteiger partial charge in [0.2, 0.25) is 0 Å². The Balaban J connectivity index is 1.93. The van der Waals surface area contributed by atoms with Crippen molar-refractivity contribution in [1.29, 1.82) is 0 Å². The summed E-state index contributed by atoms with van der Waals surface area (Å²) in [5.41, 5.74) is 8.33. The molecule has 0 aliphatic heterocycles. The predicted octanol–water partition coefficient (Wildman–Crippen LogP) is 1.79. The molecule has 6 heteroatoms. The Labute approximate surface area is 83.6 Å². The Morgan fingerprint density at radius 2 is 2.46 bits per heavy atom. The van der Waals surface area contributed by atoms with Crippen molar-refractivity contribution in [3.05, 3.63) is 22.7 Å². The summed E-state index contributed by atoms with van der Waals surface area (Å²) in [6.07, 6.45) is 0. The van der Waals surface area contributed by atoms with E-state index < -0.39 is 0 Å². The summed E-state index contributed by atoms with van der Waals surface area (Å²) in [5.74, 6) is 0.561. The van der Waals surface area contributed by atoms with E-state index in [0.717, 1.165) is 17.2 Å². The highest BCUT2D eigenvalue weighted by molar-refractivity contribution is 7.10. The van der Waals surface area contributed by atoms with E-state index in [1.165, 1.54) is 11.5 Å². The lowest BCUT2D eigenvalue weighted by atomic mass is 10.5. The van der Waals surface area contributed by atoms with E-state index >= 15 is 0 Å². The lowest BCUT2D eigenvalue weighted by Gasteiger charge is -1.97. The zero-order chi connectivity index (χ0) is 9.10. The van der Waals surface area contributed by atoms with Crippen LogP contribution in [0.5, 0.6) is 0 Å². The molecule has 0 fully saturated rings. The molecule has 0 aliphatic rings. The minimum atomic E-state index is 0.561. The fraction of sp³-hybridized carbons (Fsp3) is 0.143. The molecule has 0 bridgehead atoms. The third kappa shape index (κ3) is 2.16. The zero-order valence-electron chi connectivity index (χ0n) is 6.73. The average Bonchev–Trinajstić information content (AvgIpc) is 2.71. The molecule has 0 spiro atoms. The van der Waals surface area contributed by atoms with Gasteiger partial charge in [-0.3, -0.25) is 0 Å². The van der Waals surface area contributed by atoms with Gasteiger partial charge in [0.1, 0.15) is 10.8 Å². The Kier molecular flexibility index (Phi) is 2.42. The number of nitrogens with zero attached hydrogens (tertiary/aromatic N) is 2. The van der Waals surface area contributed by atoms with Gasteiger partial charge < -0.3 is 11.1 Å². The van der Waals surface area contributed by atoms with E-state index in [2.05, 4.69) is 14.7 Å². The standard InChI is InChI=1S/C7H8N4S2/c8-6-1-7(13-11-6)9-2-5-3-12-4-10-5/h1,3-4,9H,2H2,(H2,8,11). The van der Waals surface area contributed by atoms with Gasteiger partial charge in [-0.05, 0) is 11.5 Å². The van der Waals surface area contributed by atoms with Gasteiger partial charge >= 0.3 is 0 Å². The highest BCUT2D eigenvalue weighted by Gasteiger charge is 1.98. The van der Waals surface area contributed by atoms with E-state index in [1.54, 1.807) is 11.3 Å². The number of nitrogens with two attached hydrogens (primary N) is 1. The average molecular weight is 212 g/mol. The summed E-state index contributed by atoms with van der Waals surface area (Å²) in [7, 11) is 0. The number of nitrogens with one attached hydrogen (secondary N) is 1. The molecule has 4 nitrogen and oxygen atoms in total. The molecule has 2 heterocycles. The van der Waals surface area contributed by atoms with Gasteiger partial charge in [0.25, 0.3) is 0 Å². The number of hydrogen-bond acceptors (Lipinski definition) is 6. The van der Waals surface area contributed by atoms with Crippen molar-refractivity contribution in [2.45, 2.75) is 6.54 Å². The lowest BCUT2D eigenvalue weighted by molar-refractivity contribution is 1.08. The molecule has 3 N–H and O–H groups in total. The first kappa shape index (κ1) is 8.46. The van der Waals surface area contributed by atoms with Crippen LogP contribution >= 0.6 is 22.9 Å². The zero-order valence-corrected chi connectivity index (χ0v) is 8.36. The highest BCUT2D eigenvalue weighted by Crippen LogP contribution is 2.18. The van der Waals surface area contributed by atoms with Gasteiger partial charge in [-0.1, -0.05) is 0 Å². The predicted molar refractivity (Wildman–Crippen MR) is 56.0 cm³/mol. The van der Waals surface area contributed by atoms with Gasteiger partial charge in [-0.2, -0.15) is 4.37 Å². The Hall–Kier alpha value is -1.14. The van der Waals surface area contributed by atoms with Gasteiger partial charge in [0.15, 0.2) is 0 Å². The smallest absolute Gasteiger partial charge is 0.139 e. The molecule has 0 radical (unpaired) electrons. The highest BCUT2D eigenvalue weighted by atomic mass is 32.1. The van der Waals surface area contributed by atoms with Crippen molar-refractivity contribution < 1.29 is 0 Å². The van der Waals surface area contributed by atoms with Crippen LogP contribution in [0, 0.1) is 0 Å². The molecular weight excluding hydrogens is 204 g/mol. The molecule has 0 amide bonds. The summed E-state index contributed by atoms with van der Waals surface area (Å²) in [5, 5.41) is 6.18. The van der Waals surface area contributed by atoms with Crippen LogP contribution < -0.4 is 11.1 Å². The van der Waals surface area contributed by atoms with Crippen LogP contribution in [-0.2, 0) is 6.54 Å². The summed E-state index contributed by atoms with van der Waals surface area (Å²) >= 11 is 2.95. The Morgan fingerprint density at radius 3 is 3.08 bits per heavy atom. The maximum atomic E-state index is 5.47. The SMILES string of the molecule is Nc1cc(NCc2cscn2)sn1. The van der Waals surface area contributed by atoms with Crippen molar-refractivity contribution in [2.24, 2.45) is 0 Å². The molecule has 2 rings (SSSR count). The van der Waals surface area contributed by atoms with Gasteiger partial charge in [0.05, 0.1) is 17.7 Å². The fourth-order valence-electron chi connectivity index (χ4n) is 0.875. The number of rotatable bonds is 3. The summed E-state index contributed by atoms with van der Waals surface area (Å²) in [4.78, 5) is 4.15. The molecule has 0 unspecified atom stereocenters. The first-order valence-electron chi connectivity index (χ1n) is 3.68. The van der Waals surface area contributed by atoms with Crippen molar-refractivity contribution >= 4 is 33.7 Å². The molecule has 0 saturated heterocycles. The monoisotopic (exact) mass is 212 g/mol. The van der Waals surface area contributed by atoms with E-state index in [4.69, 9.17) is 5.73 Å². The number of nitrogen functional groups attached to an aromatic ring is 1. The van der Waals surface area contributed by atoms with Gasteiger partial charge in [0, 0.05) is 11.4 Å². The van der Waals surface area contributed by atoms with E-state index in [9.17, 15) is 0 Å². The van der Waals surface area contributed by atoms with Crippen LogP contribution in [0.2, 0.25) is 0 Å². The van der Waals surface area contributed by atoms with Crippen LogP contribution in [0.3, 0.4) is 0 Å². The first-order valence-corrected chi connectivity index (χ1v) is 5.39. The minimum absolute atomic E-state index is 0.561. The normalized spacial score (nSPS) is 10.2. The van der Waals surface area contributed by atoms with Gasteiger partial charge in [-0.25, -0.2) is 4.98 Å². The van der Waals surface area contributed by atoms with E-state index in [1.807, 2.05) is 17.0 Å². The van der Waals surface area contributed by atoms with Crippen molar-refractivity contribution in [1.82, 2.24) is 9.36 Å². The minimum Gasteiger partial charge on any atom is -0.383 e. The van der Waals surface area contributed by atoms with Crippen LogP contribution in [0.15, 0.2) is 17.0 Å². The maximum Gasteiger partial charge on any atom is 0.139 e. The number of anilines is 2. The van der Waals surface area contributed by atoms with E-state index in [-0.39, 0.29) is 0 Å². The summed E-state index contributed by atoms with van der Waals surface area (Å²) in [6, 6.07) is 1.82. The molecule has 0 atom stereocenters. The Bertz CT molecular complexity index is 368. The first-order chi connectivity index (χ1) is 6.34. The quantitative estimate of drug-likeness (QED) is 0.814. The second-order valence-electron chi connectivity index (χ2n) is 2.45. The van der Waals surface area contributed by atoms with Crippen molar-refractivity contribution in [2.75, 3.05) is 11.1 Å². The topological polar surface area (TPSA) is 63.8 Å². The maximum absolute atomic E-state index is 5.47. The largest absolute Gasteiger partial charge is 0.383 e. The molecule has 2 aromatic heterocycles.